The number of hydrogen-bond acceptors (Lipinski definition) is 16. The molecule has 21 heteroatoms. The summed E-state index contributed by atoms with van der Waals surface area (Å²) in [5, 5.41) is 0. The van der Waals surface area contributed by atoms with Crippen molar-refractivity contribution in [3.63, 3.8) is 0 Å². The van der Waals surface area contributed by atoms with Gasteiger partial charge in [0.1, 0.15) is 0 Å². The molecule has 0 aromatic carbocycles. The van der Waals surface area contributed by atoms with E-state index in [2.05, 4.69) is 92.6 Å². The Morgan fingerprint density at radius 3 is 0.398 bits per heavy atom. The van der Waals surface area contributed by atoms with Gasteiger partial charge in [0, 0.05) is 14.5 Å². The number of hydrogen-bond donors (Lipinski definition) is 0. The first-order valence-corrected chi connectivity index (χ1v) is 43.4. The minimum atomic E-state index is -3.30. The Hall–Kier alpha value is -2.65. The Balaban J connectivity index is 0.00000130. The quantitative estimate of drug-likeness (QED) is 0.0240. The minimum absolute atomic E-state index is 0. The zero-order valence-electron chi connectivity index (χ0n) is 61.2. The van der Waals surface area contributed by atoms with Crippen LogP contribution < -0.4 is 18.9 Å². The number of carbonyl (C=O) groups excluding carboxylic acids is 8. The van der Waals surface area contributed by atoms with E-state index < -0.39 is 76.2 Å². The second-order valence-electron chi connectivity index (χ2n) is 27.0. The van der Waals surface area contributed by atoms with E-state index in [1.165, 1.54) is 257 Å². The van der Waals surface area contributed by atoms with Gasteiger partial charge in [0.2, 0.25) is 0 Å². The second-order valence-corrected chi connectivity index (χ2v) is 36.0. The molecule has 4 saturated heterocycles. The fourth-order valence-electron chi connectivity index (χ4n) is 12.9. The minimum Gasteiger partial charge on any atom is -0.576 e. The first-order valence-electron chi connectivity index (χ1n) is 38.3. The van der Waals surface area contributed by atoms with Crippen molar-refractivity contribution in [2.45, 2.75) is 364 Å². The van der Waals surface area contributed by atoms with Crippen LogP contribution in [0.3, 0.4) is 0 Å². The van der Waals surface area contributed by atoms with Crippen LogP contribution >= 0.6 is 14.5 Å². The summed E-state index contributed by atoms with van der Waals surface area (Å²) >= 11 is 0. The smallest absolute Gasteiger partial charge is 0.576 e. The van der Waals surface area contributed by atoms with Crippen molar-refractivity contribution in [3.05, 3.63) is 0 Å². The average Bonchev–Trinajstić information content (AvgIpc) is 1.65. The van der Waals surface area contributed by atoms with Crippen LogP contribution in [0.4, 0.5) is 0 Å². The second kappa shape index (κ2) is 58.3. The third-order valence-corrected chi connectivity index (χ3v) is 28.7. The van der Waals surface area contributed by atoms with Crippen LogP contribution in [-0.4, -0.2) is 111 Å². The average molecular weight is 1350 g/mol. The van der Waals surface area contributed by atoms with Crippen LogP contribution in [0.25, 0.3) is 0 Å². The van der Waals surface area contributed by atoms with Crippen LogP contribution in [0.15, 0.2) is 0 Å². The van der Waals surface area contributed by atoms with Crippen LogP contribution in [-0.2, 0) is 75.6 Å². The predicted molar refractivity (Wildman–Crippen MR) is 380 cm³/mol. The SMILES string of the molecule is CCCCCCCCCCCCCC[P+](CCCCCC)(CCCCCC)CCCCCC.CCCCCCCCCCCCCC[P+](CCCCCC)(CCCCCC)CCCCCC.O=C1O[B-]2(OC1=O)OC(=O)C(=O)O2.O=C1O[B-]2(OC1=O)OC(=O)C(=O)O2.[Li+]. The first-order chi connectivity index (χ1) is 44.5. The zero-order valence-corrected chi connectivity index (χ0v) is 63.0. The fourth-order valence-corrected chi connectivity index (χ4v) is 22.7. The molecule has 4 aliphatic heterocycles. The Morgan fingerprint density at radius 1 is 0.183 bits per heavy atom. The molecule has 0 unspecified atom stereocenters. The summed E-state index contributed by atoms with van der Waals surface area (Å²) < 4.78 is 33.0. The van der Waals surface area contributed by atoms with Crippen LogP contribution in [0, 0.1) is 0 Å². The van der Waals surface area contributed by atoms with Gasteiger partial charge in [-0.3, -0.25) is 0 Å². The molecule has 2 spiro atoms. The molecule has 0 amide bonds. The molecule has 4 rings (SSSR count). The molecule has 4 heterocycles. The van der Waals surface area contributed by atoms with Gasteiger partial charge in [-0.1, -0.05) is 261 Å². The standard InChI is InChI=1S/2C32H68P.2C4BO8.Li/c2*1-5-9-13-17-18-19-20-21-22-23-24-28-32-33(29-25-14-10-6-2,30-26-15-11-7-3)31-27-16-12-8-4;2*6-1-2(7)11-5(10-1)12-3(8)4(9)13-5;/h2*5-32H2,1-4H3;;;/q2*+1;2*-1;+1. The van der Waals surface area contributed by atoms with Gasteiger partial charge in [0.05, 0.1) is 49.3 Å². The van der Waals surface area contributed by atoms with Gasteiger partial charge in [-0.2, -0.15) is 0 Å². The molecule has 0 atom stereocenters. The Morgan fingerprint density at radius 2 is 0.280 bits per heavy atom. The van der Waals surface area contributed by atoms with E-state index in [0.717, 1.165) is 0 Å². The number of rotatable bonds is 56. The molecule has 0 bridgehead atoms. The largest absolute Gasteiger partial charge is 1.00 e. The van der Waals surface area contributed by atoms with Gasteiger partial charge in [0.25, 0.3) is 0 Å². The maximum absolute atomic E-state index is 10.5. The van der Waals surface area contributed by atoms with Crippen molar-refractivity contribution in [3.8, 4) is 0 Å². The van der Waals surface area contributed by atoms with E-state index >= 15 is 0 Å². The number of carbonyl (C=O) groups is 8. The molecule has 536 valence electrons. The normalized spacial score (nSPS) is 15.2. The summed E-state index contributed by atoms with van der Waals surface area (Å²) in [5.41, 5.74) is 0. The van der Waals surface area contributed by atoms with E-state index in [4.69, 9.17) is 0 Å². The summed E-state index contributed by atoms with van der Waals surface area (Å²) in [5.74, 6) is -11.0. The predicted octanol–water partition coefficient (Wildman–Crippen LogP) is 17.1. The Labute approximate surface area is 580 Å². The maximum Gasteiger partial charge on any atom is 1.00 e. The molecule has 0 aliphatic carbocycles. The van der Waals surface area contributed by atoms with Crippen LogP contribution in [0.5, 0.6) is 0 Å². The number of unbranched alkanes of at least 4 members (excludes halogenated alkanes) is 40. The molecule has 16 nitrogen and oxygen atoms in total. The molecule has 0 saturated carbocycles. The van der Waals surface area contributed by atoms with Crippen molar-refractivity contribution in [1.82, 2.24) is 0 Å². The summed E-state index contributed by atoms with van der Waals surface area (Å²) in [4.78, 5) is 83.9. The summed E-state index contributed by atoms with van der Waals surface area (Å²) in [7, 11) is -1.39. The topological polar surface area (TPSA) is 210 Å². The first kappa shape index (κ1) is 90.3. The van der Waals surface area contributed by atoms with Crippen molar-refractivity contribution in [2.75, 3.05) is 49.3 Å². The van der Waals surface area contributed by atoms with Gasteiger partial charge < -0.3 is 37.2 Å². The van der Waals surface area contributed by atoms with Crippen LogP contribution in [0.1, 0.15) is 364 Å². The summed E-state index contributed by atoms with van der Waals surface area (Å²) in [6.07, 6.45) is 84.2. The molecular formula is C72H136B2LiO16P2+. The van der Waals surface area contributed by atoms with Crippen LogP contribution in [0.2, 0.25) is 0 Å². The maximum atomic E-state index is 10.5. The van der Waals surface area contributed by atoms with Gasteiger partial charge >= 0.3 is 80.5 Å². The third kappa shape index (κ3) is 43.4. The third-order valence-electron chi connectivity index (χ3n) is 18.6. The van der Waals surface area contributed by atoms with Crippen molar-refractivity contribution < 1.29 is 94.5 Å². The van der Waals surface area contributed by atoms with E-state index in [-0.39, 0.29) is 18.9 Å². The van der Waals surface area contributed by atoms with Gasteiger partial charge in [-0.05, 0) is 103 Å². The molecule has 4 aliphatic rings. The van der Waals surface area contributed by atoms with E-state index in [1.54, 1.807) is 101 Å². The van der Waals surface area contributed by atoms with E-state index in [1.807, 2.05) is 0 Å². The van der Waals surface area contributed by atoms with Crippen molar-refractivity contribution in [1.29, 1.82) is 0 Å². The monoisotopic (exact) mass is 1350 g/mol. The molecule has 4 fully saturated rings. The molecule has 0 N–H and O–H groups in total. The van der Waals surface area contributed by atoms with E-state index in [9.17, 15) is 38.4 Å². The molecule has 93 heavy (non-hydrogen) atoms. The molecule has 0 aromatic heterocycles. The van der Waals surface area contributed by atoms with Crippen molar-refractivity contribution >= 4 is 76.2 Å². The Kier molecular flexibility index (Phi) is 56.7. The zero-order chi connectivity index (χ0) is 67.9. The summed E-state index contributed by atoms with van der Waals surface area (Å²) in [6.45, 7) is 12.2. The van der Waals surface area contributed by atoms with Gasteiger partial charge in [-0.15, -0.1) is 0 Å². The molecule has 0 aromatic rings. The fraction of sp³-hybridized carbons (Fsp3) is 0.889. The Bertz CT molecular complexity index is 1650. The van der Waals surface area contributed by atoms with E-state index in [0.29, 0.717) is 0 Å². The molecular weight excluding hydrogens is 1210 g/mol. The molecule has 0 radical (unpaired) electrons. The van der Waals surface area contributed by atoms with Gasteiger partial charge in [-0.25, -0.2) is 38.4 Å². The summed E-state index contributed by atoms with van der Waals surface area (Å²) in [6, 6.07) is 0. The van der Waals surface area contributed by atoms with Crippen molar-refractivity contribution in [2.24, 2.45) is 0 Å². The van der Waals surface area contributed by atoms with Gasteiger partial charge in [0.15, 0.2) is 0 Å².